The normalized spacial score (nSPS) is 10.8. The first-order valence-corrected chi connectivity index (χ1v) is 7.81. The fourth-order valence-electron chi connectivity index (χ4n) is 2.61. The minimum atomic E-state index is 0.0350. The number of para-hydroxylation sites is 1. The van der Waals surface area contributed by atoms with E-state index in [0.29, 0.717) is 30.4 Å². The quantitative estimate of drug-likeness (QED) is 0.639. The Morgan fingerprint density at radius 2 is 2.00 bits per heavy atom. The predicted molar refractivity (Wildman–Crippen MR) is 96.4 cm³/mol. The minimum Gasteiger partial charge on any atom is -0.395 e. The molecule has 7 heteroatoms. The number of aliphatic hydroxyl groups excluding tert-OH is 1. The van der Waals surface area contributed by atoms with Gasteiger partial charge >= 0.3 is 0 Å². The zero-order valence-electron chi connectivity index (χ0n) is 13.5. The summed E-state index contributed by atoms with van der Waals surface area (Å²) in [5.74, 6) is 1.13. The van der Waals surface area contributed by atoms with Crippen LogP contribution in [0.15, 0.2) is 42.9 Å². The predicted octanol–water partition coefficient (Wildman–Crippen LogP) is 2.17. The number of hydrogen-bond acceptors (Lipinski definition) is 7. The highest BCUT2D eigenvalue weighted by atomic mass is 16.3. The van der Waals surface area contributed by atoms with Crippen LogP contribution in [0.3, 0.4) is 0 Å². The number of hydrogen-bond donors (Lipinski definition) is 3. The van der Waals surface area contributed by atoms with E-state index in [1.807, 2.05) is 42.2 Å². The lowest BCUT2D eigenvalue weighted by Gasteiger charge is -2.23. The average Bonchev–Trinajstić information content (AvgIpc) is 2.62. The van der Waals surface area contributed by atoms with Crippen molar-refractivity contribution < 1.29 is 5.11 Å². The van der Waals surface area contributed by atoms with E-state index >= 15 is 0 Å². The lowest BCUT2D eigenvalue weighted by molar-refractivity contribution is 0.302. The second kappa shape index (κ2) is 7.10. The van der Waals surface area contributed by atoms with E-state index in [-0.39, 0.29) is 6.61 Å². The Morgan fingerprint density at radius 3 is 2.79 bits per heavy atom. The van der Waals surface area contributed by atoms with E-state index in [0.717, 1.165) is 16.6 Å². The molecule has 3 rings (SSSR count). The van der Waals surface area contributed by atoms with Gasteiger partial charge in [0.15, 0.2) is 11.6 Å². The molecule has 2 aromatic heterocycles. The smallest absolute Gasteiger partial charge is 0.159 e. The molecule has 0 amide bonds. The van der Waals surface area contributed by atoms with Gasteiger partial charge in [-0.05, 0) is 19.1 Å². The third kappa shape index (κ3) is 3.07. The molecule has 0 unspecified atom stereocenters. The zero-order valence-corrected chi connectivity index (χ0v) is 13.5. The summed E-state index contributed by atoms with van der Waals surface area (Å²) in [6.07, 6.45) is 3.22. The summed E-state index contributed by atoms with van der Waals surface area (Å²) in [5.41, 5.74) is 8.37. The molecule has 1 aromatic carbocycles. The van der Waals surface area contributed by atoms with Gasteiger partial charge in [-0.25, -0.2) is 9.97 Å². The maximum atomic E-state index is 9.19. The number of pyridine rings is 1. The van der Waals surface area contributed by atoms with Crippen molar-refractivity contribution in [2.45, 2.75) is 6.92 Å². The molecule has 0 saturated carbocycles. The molecule has 124 valence electrons. The lowest BCUT2D eigenvalue weighted by atomic mass is 10.2. The number of nitrogen functional groups attached to an aromatic ring is 1. The van der Waals surface area contributed by atoms with Gasteiger partial charge in [0, 0.05) is 24.7 Å². The number of likely N-dealkylation sites (N-methyl/N-ethyl adjacent to an activating group) is 1. The van der Waals surface area contributed by atoms with Crippen molar-refractivity contribution in [3.05, 3.63) is 42.9 Å². The summed E-state index contributed by atoms with van der Waals surface area (Å²) in [6.45, 7) is 3.18. The molecule has 0 aliphatic heterocycles. The number of rotatable bonds is 6. The SMILES string of the molecule is CCN(CCO)c1ncnc(Nc2cccc3cccnc23)c1N. The van der Waals surface area contributed by atoms with Crippen molar-refractivity contribution in [1.82, 2.24) is 15.0 Å². The highest BCUT2D eigenvalue weighted by Gasteiger charge is 2.14. The number of benzene rings is 1. The number of fused-ring (bicyclic) bond motifs is 1. The van der Waals surface area contributed by atoms with Gasteiger partial charge in [0.2, 0.25) is 0 Å². The van der Waals surface area contributed by atoms with E-state index in [1.165, 1.54) is 6.33 Å². The topological polar surface area (TPSA) is 100 Å². The highest BCUT2D eigenvalue weighted by Crippen LogP contribution is 2.30. The van der Waals surface area contributed by atoms with Crippen LogP contribution >= 0.6 is 0 Å². The van der Waals surface area contributed by atoms with Crippen LogP contribution in [0, 0.1) is 0 Å². The van der Waals surface area contributed by atoms with E-state index in [1.54, 1.807) is 6.20 Å². The fraction of sp³-hybridized carbons (Fsp3) is 0.235. The molecule has 0 atom stereocenters. The summed E-state index contributed by atoms with van der Waals surface area (Å²) in [6, 6.07) is 9.79. The van der Waals surface area contributed by atoms with Crippen molar-refractivity contribution in [3.63, 3.8) is 0 Å². The van der Waals surface area contributed by atoms with Crippen LogP contribution in [0.1, 0.15) is 6.92 Å². The molecule has 24 heavy (non-hydrogen) atoms. The third-order valence-electron chi connectivity index (χ3n) is 3.80. The number of nitrogens with one attached hydrogen (secondary N) is 1. The Labute approximate surface area is 140 Å². The summed E-state index contributed by atoms with van der Waals surface area (Å²) >= 11 is 0. The molecule has 0 spiro atoms. The first-order valence-electron chi connectivity index (χ1n) is 7.81. The van der Waals surface area contributed by atoms with Crippen molar-refractivity contribution in [3.8, 4) is 0 Å². The van der Waals surface area contributed by atoms with Crippen LogP contribution < -0.4 is 16.0 Å². The largest absolute Gasteiger partial charge is 0.395 e. The first kappa shape index (κ1) is 15.9. The number of nitrogens with zero attached hydrogens (tertiary/aromatic N) is 4. The van der Waals surface area contributed by atoms with Crippen LogP contribution in [0.2, 0.25) is 0 Å². The number of aliphatic hydroxyl groups is 1. The Kier molecular flexibility index (Phi) is 4.72. The maximum absolute atomic E-state index is 9.19. The minimum absolute atomic E-state index is 0.0350. The molecule has 4 N–H and O–H groups in total. The first-order chi connectivity index (χ1) is 11.7. The molecule has 0 aliphatic carbocycles. The van der Waals surface area contributed by atoms with Gasteiger partial charge in [0.1, 0.15) is 12.0 Å². The van der Waals surface area contributed by atoms with Crippen LogP contribution in [0.25, 0.3) is 10.9 Å². The zero-order chi connectivity index (χ0) is 16.9. The number of anilines is 4. The molecular formula is C17H20N6O. The van der Waals surface area contributed by atoms with Gasteiger partial charge < -0.3 is 21.1 Å². The lowest BCUT2D eigenvalue weighted by Crippen LogP contribution is -2.28. The summed E-state index contributed by atoms with van der Waals surface area (Å²) < 4.78 is 0. The standard InChI is InChI=1S/C17H20N6O/c1-2-23(9-10-24)17-14(18)16(20-11-21-17)22-13-7-3-5-12-6-4-8-19-15(12)13/h3-8,11,24H,2,9-10,18H2,1H3,(H,20,21,22). The van der Waals surface area contributed by atoms with Crippen molar-refractivity contribution in [2.75, 3.05) is 35.6 Å². The van der Waals surface area contributed by atoms with Crippen molar-refractivity contribution in [1.29, 1.82) is 0 Å². The molecule has 0 saturated heterocycles. The van der Waals surface area contributed by atoms with E-state index < -0.39 is 0 Å². The Bertz CT molecular complexity index is 833. The van der Waals surface area contributed by atoms with Crippen LogP contribution in [-0.4, -0.2) is 39.8 Å². The second-order valence-corrected chi connectivity index (χ2v) is 5.27. The highest BCUT2D eigenvalue weighted by molar-refractivity contribution is 5.93. The van der Waals surface area contributed by atoms with E-state index in [4.69, 9.17) is 5.73 Å². The summed E-state index contributed by atoms with van der Waals surface area (Å²) in [5, 5.41) is 13.5. The monoisotopic (exact) mass is 324 g/mol. The number of aromatic nitrogens is 3. The molecule has 2 heterocycles. The van der Waals surface area contributed by atoms with Gasteiger partial charge in [-0.15, -0.1) is 0 Å². The molecule has 0 radical (unpaired) electrons. The van der Waals surface area contributed by atoms with Gasteiger partial charge in [-0.1, -0.05) is 18.2 Å². The van der Waals surface area contributed by atoms with Crippen LogP contribution in [0.5, 0.6) is 0 Å². The summed E-state index contributed by atoms with van der Waals surface area (Å²) in [4.78, 5) is 14.8. The van der Waals surface area contributed by atoms with Crippen molar-refractivity contribution in [2.24, 2.45) is 0 Å². The maximum Gasteiger partial charge on any atom is 0.159 e. The van der Waals surface area contributed by atoms with Gasteiger partial charge in [0.05, 0.1) is 17.8 Å². The molecule has 3 aromatic rings. The van der Waals surface area contributed by atoms with Crippen LogP contribution in [-0.2, 0) is 0 Å². The number of nitrogens with two attached hydrogens (primary N) is 1. The van der Waals surface area contributed by atoms with E-state index in [2.05, 4.69) is 20.3 Å². The molecule has 7 nitrogen and oxygen atoms in total. The van der Waals surface area contributed by atoms with Crippen LogP contribution in [0.4, 0.5) is 23.0 Å². The second-order valence-electron chi connectivity index (χ2n) is 5.27. The van der Waals surface area contributed by atoms with Gasteiger partial charge in [0.25, 0.3) is 0 Å². The average molecular weight is 324 g/mol. The van der Waals surface area contributed by atoms with Gasteiger partial charge in [-0.3, -0.25) is 4.98 Å². The Balaban J connectivity index is 1.98. The fourth-order valence-corrected chi connectivity index (χ4v) is 2.61. The Hall–Kier alpha value is -2.93. The summed E-state index contributed by atoms with van der Waals surface area (Å²) in [7, 11) is 0. The van der Waals surface area contributed by atoms with Gasteiger partial charge in [-0.2, -0.15) is 0 Å². The molecule has 0 aliphatic rings. The molecular weight excluding hydrogens is 304 g/mol. The van der Waals surface area contributed by atoms with E-state index in [9.17, 15) is 5.11 Å². The van der Waals surface area contributed by atoms with Crippen molar-refractivity contribution >= 4 is 33.9 Å². The Morgan fingerprint density at radius 1 is 1.17 bits per heavy atom. The third-order valence-corrected chi connectivity index (χ3v) is 3.80. The molecule has 0 fully saturated rings. The molecule has 0 bridgehead atoms.